The van der Waals surface area contributed by atoms with E-state index in [2.05, 4.69) is 47.7 Å². The summed E-state index contributed by atoms with van der Waals surface area (Å²) in [6.07, 6.45) is 1.54. The van der Waals surface area contributed by atoms with Crippen LogP contribution in [0.25, 0.3) is 0 Å². The lowest BCUT2D eigenvalue weighted by atomic mass is 10.2. The molecule has 5 nitrogen and oxygen atoms in total. The number of ether oxygens (including phenoxy) is 1. The van der Waals surface area contributed by atoms with Crippen molar-refractivity contribution in [2.75, 3.05) is 11.9 Å². The van der Waals surface area contributed by atoms with Gasteiger partial charge in [-0.1, -0.05) is 40.9 Å². The van der Waals surface area contributed by atoms with E-state index < -0.39 is 0 Å². The van der Waals surface area contributed by atoms with Gasteiger partial charge in [-0.25, -0.2) is 5.43 Å². The van der Waals surface area contributed by atoms with Crippen molar-refractivity contribution in [1.82, 2.24) is 5.43 Å². The summed E-state index contributed by atoms with van der Waals surface area (Å²) >= 11 is 25.0. The van der Waals surface area contributed by atoms with E-state index in [1.54, 1.807) is 36.4 Å². The Kier molecular flexibility index (Phi) is 9.25. The molecule has 3 rings (SSSR count). The van der Waals surface area contributed by atoms with E-state index in [1.807, 2.05) is 18.2 Å². The highest BCUT2D eigenvalue weighted by molar-refractivity contribution is 9.11. The maximum Gasteiger partial charge on any atom is 0.259 e. The quantitative estimate of drug-likeness (QED) is 0.205. The van der Waals surface area contributed by atoms with Crippen LogP contribution in [-0.4, -0.2) is 18.7 Å². The highest BCUT2D eigenvalue weighted by atomic mass is 79.9. The largest absolute Gasteiger partial charge is 0.486 e. The second-order valence-electron chi connectivity index (χ2n) is 6.49. The van der Waals surface area contributed by atoms with Gasteiger partial charge in [0, 0.05) is 26.3 Å². The molecule has 0 aliphatic carbocycles. The Bertz CT molecular complexity index is 1120. The van der Waals surface area contributed by atoms with Crippen LogP contribution in [0.2, 0.25) is 15.1 Å². The van der Waals surface area contributed by atoms with Crippen LogP contribution in [0.5, 0.6) is 5.75 Å². The first-order valence-corrected chi connectivity index (χ1v) is 11.9. The molecule has 0 radical (unpaired) electrons. The Hall–Kier alpha value is -1.77. The summed E-state index contributed by atoms with van der Waals surface area (Å²) in [6, 6.07) is 16.0. The van der Waals surface area contributed by atoms with Crippen LogP contribution < -0.4 is 15.5 Å². The molecular formula is C22H16Br2Cl3N3O2. The lowest BCUT2D eigenvalue weighted by Crippen LogP contribution is -2.25. The van der Waals surface area contributed by atoms with Gasteiger partial charge >= 0.3 is 0 Å². The summed E-state index contributed by atoms with van der Waals surface area (Å²) in [5, 5.41) is 8.72. The van der Waals surface area contributed by atoms with Crippen LogP contribution in [0.3, 0.4) is 0 Å². The number of nitrogens with zero attached hydrogens (tertiary/aromatic N) is 1. The number of hydrogen-bond acceptors (Lipinski definition) is 4. The van der Waals surface area contributed by atoms with Crippen LogP contribution in [0, 0.1) is 0 Å². The number of rotatable bonds is 8. The summed E-state index contributed by atoms with van der Waals surface area (Å²) < 4.78 is 7.33. The molecule has 0 heterocycles. The van der Waals surface area contributed by atoms with Crippen molar-refractivity contribution in [2.45, 2.75) is 6.61 Å². The number of carbonyl (C=O) groups is 1. The van der Waals surface area contributed by atoms with E-state index in [-0.39, 0.29) is 19.1 Å². The number of amides is 1. The summed E-state index contributed by atoms with van der Waals surface area (Å²) in [6.45, 7) is 0.351. The van der Waals surface area contributed by atoms with Crippen LogP contribution in [-0.2, 0) is 11.4 Å². The minimum atomic E-state index is -0.283. The molecule has 166 valence electrons. The molecule has 0 fully saturated rings. The molecule has 0 saturated carbocycles. The smallest absolute Gasteiger partial charge is 0.259 e. The van der Waals surface area contributed by atoms with E-state index >= 15 is 0 Å². The highest BCUT2D eigenvalue weighted by Gasteiger charge is 2.10. The first-order chi connectivity index (χ1) is 15.3. The molecule has 0 spiro atoms. The third kappa shape index (κ3) is 7.39. The fraction of sp³-hybridized carbons (Fsp3) is 0.0909. The first kappa shape index (κ1) is 24.9. The Morgan fingerprint density at radius 3 is 2.28 bits per heavy atom. The van der Waals surface area contributed by atoms with Crippen molar-refractivity contribution in [3.8, 4) is 5.75 Å². The lowest BCUT2D eigenvalue weighted by molar-refractivity contribution is -0.119. The van der Waals surface area contributed by atoms with Crippen LogP contribution in [0.1, 0.15) is 11.1 Å². The van der Waals surface area contributed by atoms with Gasteiger partial charge in [0.05, 0.1) is 21.7 Å². The molecule has 0 atom stereocenters. The zero-order valence-electron chi connectivity index (χ0n) is 16.3. The van der Waals surface area contributed by atoms with Crippen LogP contribution in [0.4, 0.5) is 5.69 Å². The average Bonchev–Trinajstić information content (AvgIpc) is 2.74. The number of hydrogen-bond donors (Lipinski definition) is 2. The van der Waals surface area contributed by atoms with Gasteiger partial charge in [-0.05, 0) is 86.0 Å². The molecule has 0 unspecified atom stereocenters. The van der Waals surface area contributed by atoms with Gasteiger partial charge in [0.15, 0.2) is 0 Å². The standard InChI is InChI=1S/C22H16Br2Cl3N3O2/c23-18-7-13(10-29-30-21(31)11-28-17-5-3-15(25)4-6-17)8-19(24)22(18)32-12-14-1-2-16(26)9-20(14)27/h1-10,28H,11-12H2,(H,30,31)/b29-10-. The van der Waals surface area contributed by atoms with Crippen molar-refractivity contribution in [3.05, 3.63) is 89.7 Å². The molecule has 3 aromatic carbocycles. The zero-order chi connectivity index (χ0) is 23.1. The summed E-state index contributed by atoms with van der Waals surface area (Å²) in [4.78, 5) is 12.0. The average molecular weight is 621 g/mol. The maximum atomic E-state index is 12.0. The molecule has 0 aliphatic rings. The van der Waals surface area contributed by atoms with Gasteiger partial charge in [0.2, 0.25) is 0 Å². The van der Waals surface area contributed by atoms with Crippen molar-refractivity contribution in [2.24, 2.45) is 5.10 Å². The SMILES string of the molecule is O=C(CNc1ccc(Cl)cc1)N/N=C\c1cc(Br)c(OCc2ccc(Cl)cc2Cl)c(Br)c1. The molecular weight excluding hydrogens is 604 g/mol. The zero-order valence-corrected chi connectivity index (χ0v) is 21.8. The van der Waals surface area contributed by atoms with Gasteiger partial charge in [-0.3, -0.25) is 4.79 Å². The Morgan fingerprint density at radius 2 is 1.62 bits per heavy atom. The van der Waals surface area contributed by atoms with Crippen LogP contribution >= 0.6 is 66.7 Å². The van der Waals surface area contributed by atoms with Gasteiger partial charge < -0.3 is 10.1 Å². The number of carbonyl (C=O) groups excluding carboxylic acids is 1. The molecule has 1 amide bonds. The van der Waals surface area contributed by atoms with E-state index in [0.717, 1.165) is 16.8 Å². The topological polar surface area (TPSA) is 62.7 Å². The van der Waals surface area contributed by atoms with Crippen molar-refractivity contribution < 1.29 is 9.53 Å². The second kappa shape index (κ2) is 11.9. The maximum absolute atomic E-state index is 12.0. The fourth-order valence-corrected chi connectivity index (χ4v) is 4.59. The van der Waals surface area contributed by atoms with Gasteiger partial charge in [-0.15, -0.1) is 0 Å². The van der Waals surface area contributed by atoms with Crippen molar-refractivity contribution >= 4 is 84.5 Å². The summed E-state index contributed by atoms with van der Waals surface area (Å²) in [5.41, 5.74) is 4.84. The summed E-state index contributed by atoms with van der Waals surface area (Å²) in [7, 11) is 0. The predicted molar refractivity (Wildman–Crippen MR) is 138 cm³/mol. The lowest BCUT2D eigenvalue weighted by Gasteiger charge is -2.12. The molecule has 0 bridgehead atoms. The molecule has 0 aromatic heterocycles. The van der Waals surface area contributed by atoms with Gasteiger partial charge in [0.25, 0.3) is 5.91 Å². The number of anilines is 1. The third-order valence-electron chi connectivity index (χ3n) is 4.11. The van der Waals surface area contributed by atoms with E-state index in [4.69, 9.17) is 39.5 Å². The molecule has 10 heteroatoms. The van der Waals surface area contributed by atoms with E-state index in [1.165, 1.54) is 6.21 Å². The normalized spacial score (nSPS) is 10.9. The number of halogens is 5. The Morgan fingerprint density at radius 1 is 0.969 bits per heavy atom. The fourth-order valence-electron chi connectivity index (χ4n) is 2.55. The minimum absolute atomic E-state index is 0.0758. The van der Waals surface area contributed by atoms with E-state index in [0.29, 0.717) is 29.8 Å². The summed E-state index contributed by atoms with van der Waals surface area (Å²) in [5.74, 6) is 0.332. The monoisotopic (exact) mass is 617 g/mol. The van der Waals surface area contributed by atoms with E-state index in [9.17, 15) is 4.79 Å². The number of nitrogens with one attached hydrogen (secondary N) is 2. The first-order valence-electron chi connectivity index (χ1n) is 9.19. The van der Waals surface area contributed by atoms with Crippen LogP contribution in [0.15, 0.2) is 68.6 Å². The molecule has 32 heavy (non-hydrogen) atoms. The van der Waals surface area contributed by atoms with Gasteiger partial charge in [-0.2, -0.15) is 5.10 Å². The third-order valence-corrected chi connectivity index (χ3v) is 6.12. The molecule has 0 saturated heterocycles. The minimum Gasteiger partial charge on any atom is -0.486 e. The van der Waals surface area contributed by atoms with Crippen molar-refractivity contribution in [3.63, 3.8) is 0 Å². The number of benzene rings is 3. The van der Waals surface area contributed by atoms with Crippen molar-refractivity contribution in [1.29, 1.82) is 0 Å². The predicted octanol–water partition coefficient (Wildman–Crippen LogP) is 7.31. The molecule has 2 N–H and O–H groups in total. The number of hydrazone groups is 1. The highest BCUT2D eigenvalue weighted by Crippen LogP contribution is 2.35. The Labute approximate surface area is 217 Å². The molecule has 3 aromatic rings. The second-order valence-corrected chi connectivity index (χ2v) is 9.48. The Balaban J connectivity index is 1.55. The van der Waals surface area contributed by atoms with Gasteiger partial charge in [0.1, 0.15) is 12.4 Å². The molecule has 0 aliphatic heterocycles.